The number of likely N-dealkylation sites (N-methyl/N-ethyl adjacent to an activating group) is 1. The summed E-state index contributed by atoms with van der Waals surface area (Å²) in [7, 11) is 7.24. The van der Waals surface area contributed by atoms with E-state index in [1.165, 1.54) is 0 Å². The van der Waals surface area contributed by atoms with Gasteiger partial charge < -0.3 is 30.7 Å². The van der Waals surface area contributed by atoms with E-state index in [1.807, 2.05) is 129 Å². The highest BCUT2D eigenvalue weighted by Crippen LogP contribution is 2.27. The molecule has 8 rings (SSSR count). The van der Waals surface area contributed by atoms with Gasteiger partial charge in [0, 0.05) is 35.0 Å². The van der Waals surface area contributed by atoms with Gasteiger partial charge >= 0.3 is 0 Å². The summed E-state index contributed by atoms with van der Waals surface area (Å²) in [6, 6.07) is 42.3. The van der Waals surface area contributed by atoms with Crippen LogP contribution in [0.5, 0.6) is 11.5 Å². The Morgan fingerprint density at radius 1 is 0.600 bits per heavy atom. The number of methoxy groups -OCH3 is 2. The number of ether oxygens (including phenoxy) is 2. The van der Waals surface area contributed by atoms with E-state index in [9.17, 15) is 9.59 Å². The van der Waals surface area contributed by atoms with Crippen molar-refractivity contribution in [2.75, 3.05) is 41.4 Å². The third kappa shape index (κ3) is 9.87. The van der Waals surface area contributed by atoms with Gasteiger partial charge in [-0.05, 0) is 120 Å². The number of amides is 2. The number of hydrogen-bond acceptors (Lipinski definition) is 8. The minimum absolute atomic E-state index is 0.110. The van der Waals surface area contributed by atoms with Crippen LogP contribution in [-0.4, -0.2) is 78.5 Å². The van der Waals surface area contributed by atoms with Crippen molar-refractivity contribution >= 4 is 33.6 Å². The highest BCUT2D eigenvalue weighted by Gasteiger charge is 2.19. The summed E-state index contributed by atoms with van der Waals surface area (Å²) in [6.07, 6.45) is 3.59. The van der Waals surface area contributed by atoms with Crippen LogP contribution in [0.15, 0.2) is 146 Å². The first kappa shape index (κ1) is 40.9. The average Bonchev–Trinajstić information content (AvgIpc) is 3.97. The number of aromatic nitrogens is 4. The number of aromatic amines is 2. The van der Waals surface area contributed by atoms with Gasteiger partial charge in [0.05, 0.1) is 49.7 Å². The molecule has 12 nitrogen and oxygen atoms in total. The molecule has 0 fully saturated rings. The van der Waals surface area contributed by atoms with Gasteiger partial charge in [0.15, 0.2) is 0 Å². The molecule has 60 heavy (non-hydrogen) atoms. The van der Waals surface area contributed by atoms with E-state index in [4.69, 9.17) is 15.2 Å². The van der Waals surface area contributed by atoms with Gasteiger partial charge in [-0.1, -0.05) is 60.7 Å². The first-order chi connectivity index (χ1) is 29.2. The highest BCUT2D eigenvalue weighted by atomic mass is 16.5. The number of rotatable bonds is 13. The molecule has 0 saturated carbocycles. The van der Waals surface area contributed by atoms with E-state index in [0.717, 1.165) is 66.7 Å². The maximum Gasteiger partial charge on any atom is 0.251 e. The predicted molar refractivity (Wildman–Crippen MR) is 237 cm³/mol. The van der Waals surface area contributed by atoms with Crippen LogP contribution in [0.25, 0.3) is 44.1 Å². The molecule has 0 spiro atoms. The molecule has 2 atom stereocenters. The fourth-order valence-corrected chi connectivity index (χ4v) is 7.00. The molecule has 0 aliphatic rings. The van der Waals surface area contributed by atoms with Crippen LogP contribution in [0.4, 0.5) is 0 Å². The molecule has 0 saturated heterocycles. The number of nitrogens with one attached hydrogen (secondary N) is 4. The van der Waals surface area contributed by atoms with Crippen molar-refractivity contribution in [3.63, 3.8) is 0 Å². The summed E-state index contributed by atoms with van der Waals surface area (Å²) < 4.78 is 10.6. The molecule has 2 amide bonds. The summed E-state index contributed by atoms with van der Waals surface area (Å²) in [5.74, 6) is 1.22. The zero-order valence-electron chi connectivity index (χ0n) is 34.0. The van der Waals surface area contributed by atoms with Crippen molar-refractivity contribution in [1.82, 2.24) is 35.9 Å². The molecular weight excluding hydrogens is 753 g/mol. The molecule has 0 aliphatic heterocycles. The Balaban J connectivity index is 0.000000182. The quantitative estimate of drug-likeness (QED) is 0.0785. The highest BCUT2D eigenvalue weighted by molar-refractivity contribution is 5.97. The van der Waals surface area contributed by atoms with Gasteiger partial charge in [0.25, 0.3) is 11.8 Å². The summed E-state index contributed by atoms with van der Waals surface area (Å²) >= 11 is 0. The van der Waals surface area contributed by atoms with Crippen molar-refractivity contribution in [3.05, 3.63) is 168 Å². The Hall–Kier alpha value is -7.28. The van der Waals surface area contributed by atoms with E-state index >= 15 is 0 Å². The third-order valence-corrected chi connectivity index (χ3v) is 10.2. The van der Waals surface area contributed by atoms with Crippen LogP contribution in [0.3, 0.4) is 0 Å². The Bertz CT molecular complexity index is 2720. The zero-order chi connectivity index (χ0) is 42.0. The number of fused-ring (bicyclic) bond motifs is 2. The molecule has 8 aromatic rings. The molecular formula is C48H48N8O4. The van der Waals surface area contributed by atoms with Gasteiger partial charge in [-0.15, -0.1) is 0 Å². The Kier molecular flexibility index (Phi) is 12.9. The molecule has 0 aliphatic carbocycles. The molecule has 6 N–H and O–H groups in total. The number of nitrogens with two attached hydrogens (primary N) is 1. The lowest BCUT2D eigenvalue weighted by Gasteiger charge is -2.23. The SMILES string of the molecule is COc1cccc(C(CN(C)C)NC(=O)c2cccc(-c3ccc4[nH]ncc4c3)c2)c1.COc1cccc(C(CN)NC(=O)c2cccc(-c3ccc4[nH]ncc4c3)c2)c1. The molecule has 2 unspecified atom stereocenters. The molecule has 2 aromatic heterocycles. The first-order valence-corrected chi connectivity index (χ1v) is 19.5. The van der Waals surface area contributed by atoms with Crippen LogP contribution in [0.2, 0.25) is 0 Å². The number of H-pyrrole nitrogens is 2. The van der Waals surface area contributed by atoms with E-state index in [1.54, 1.807) is 32.7 Å². The summed E-state index contributed by atoms with van der Waals surface area (Å²) in [5.41, 5.74) is 15.0. The second-order valence-corrected chi connectivity index (χ2v) is 14.6. The maximum absolute atomic E-state index is 13.1. The smallest absolute Gasteiger partial charge is 0.251 e. The van der Waals surface area contributed by atoms with Crippen molar-refractivity contribution in [3.8, 4) is 33.8 Å². The van der Waals surface area contributed by atoms with E-state index in [-0.39, 0.29) is 30.4 Å². The normalized spacial score (nSPS) is 12.0. The van der Waals surface area contributed by atoms with Crippen molar-refractivity contribution < 1.29 is 19.1 Å². The summed E-state index contributed by atoms with van der Waals surface area (Å²) in [5, 5.41) is 22.3. The van der Waals surface area contributed by atoms with Crippen LogP contribution in [0.1, 0.15) is 43.9 Å². The molecule has 0 bridgehead atoms. The lowest BCUT2D eigenvalue weighted by molar-refractivity contribution is 0.0924. The lowest BCUT2D eigenvalue weighted by Crippen LogP contribution is -2.35. The van der Waals surface area contributed by atoms with Gasteiger partial charge in [-0.3, -0.25) is 19.8 Å². The van der Waals surface area contributed by atoms with Crippen LogP contribution < -0.4 is 25.8 Å². The number of hydrogen-bond donors (Lipinski definition) is 5. The van der Waals surface area contributed by atoms with Crippen molar-refractivity contribution in [2.24, 2.45) is 5.73 Å². The molecule has 304 valence electrons. The molecule has 6 aromatic carbocycles. The van der Waals surface area contributed by atoms with Gasteiger partial charge in [-0.25, -0.2) is 0 Å². The Morgan fingerprint density at radius 2 is 1.05 bits per heavy atom. The van der Waals surface area contributed by atoms with Crippen LogP contribution in [-0.2, 0) is 0 Å². The molecule has 0 radical (unpaired) electrons. The number of carbonyl (C=O) groups is 2. The zero-order valence-corrected chi connectivity index (χ0v) is 34.0. The van der Waals surface area contributed by atoms with Crippen molar-refractivity contribution in [1.29, 1.82) is 0 Å². The molecule has 2 heterocycles. The summed E-state index contributed by atoms with van der Waals surface area (Å²) in [4.78, 5) is 28.1. The number of carbonyl (C=O) groups excluding carboxylic acids is 2. The lowest BCUT2D eigenvalue weighted by atomic mass is 10.0. The van der Waals surface area contributed by atoms with E-state index < -0.39 is 0 Å². The van der Waals surface area contributed by atoms with Crippen LogP contribution in [0, 0.1) is 0 Å². The number of benzene rings is 6. The average molecular weight is 801 g/mol. The largest absolute Gasteiger partial charge is 0.497 e. The van der Waals surface area contributed by atoms with Crippen molar-refractivity contribution in [2.45, 2.75) is 12.1 Å². The minimum atomic E-state index is -0.302. The fraction of sp³-hybridized carbons (Fsp3) is 0.167. The standard InChI is InChI=1S/C25H26N4O2.C23H22N4O2/c1-29(2)16-24(19-7-5-9-22(14-19)31-3)27-25(30)20-8-4-6-17(12-20)18-10-11-23-21(13-18)15-26-28-23;1-29-20-7-3-5-17(12-20)22(13-24)26-23(28)18-6-2-4-15(10-18)16-8-9-21-19(11-16)14-25-27-21/h4-15,24H,16H2,1-3H3,(H,26,28)(H,27,30);2-12,14,22H,13,24H2,1H3,(H,25,27)(H,26,28). The maximum atomic E-state index is 13.1. The molecule has 12 heteroatoms. The topological polar surface area (TPSA) is 163 Å². The monoisotopic (exact) mass is 800 g/mol. The predicted octanol–water partition coefficient (Wildman–Crippen LogP) is 7.94. The van der Waals surface area contributed by atoms with Gasteiger partial charge in [0.2, 0.25) is 0 Å². The second kappa shape index (κ2) is 19.0. The van der Waals surface area contributed by atoms with E-state index in [2.05, 4.69) is 48.1 Å². The van der Waals surface area contributed by atoms with E-state index in [0.29, 0.717) is 17.7 Å². The summed E-state index contributed by atoms with van der Waals surface area (Å²) in [6.45, 7) is 0.964. The third-order valence-electron chi connectivity index (χ3n) is 10.2. The Morgan fingerprint density at radius 3 is 1.52 bits per heavy atom. The van der Waals surface area contributed by atoms with Gasteiger partial charge in [-0.2, -0.15) is 10.2 Å². The number of nitrogens with zero attached hydrogens (tertiary/aromatic N) is 3. The van der Waals surface area contributed by atoms with Gasteiger partial charge in [0.1, 0.15) is 11.5 Å². The fourth-order valence-electron chi connectivity index (χ4n) is 7.00. The Labute approximate surface area is 348 Å². The minimum Gasteiger partial charge on any atom is -0.497 e. The van der Waals surface area contributed by atoms with Crippen LogP contribution >= 0.6 is 0 Å². The second-order valence-electron chi connectivity index (χ2n) is 14.6. The first-order valence-electron chi connectivity index (χ1n) is 19.5.